The van der Waals surface area contributed by atoms with E-state index in [0.717, 1.165) is 22.3 Å². The van der Waals surface area contributed by atoms with Crippen LogP contribution in [-0.2, 0) is 23.1 Å². The maximum Gasteiger partial charge on any atom is 0.307 e. The van der Waals surface area contributed by atoms with E-state index < -0.39 is 11.4 Å². The van der Waals surface area contributed by atoms with Crippen molar-refractivity contribution >= 4 is 11.5 Å². The second-order valence-corrected chi connectivity index (χ2v) is 6.24. The average Bonchev–Trinajstić information content (AvgIpc) is 2.63. The summed E-state index contributed by atoms with van der Waals surface area (Å²) in [4.78, 5) is 10.8. The van der Waals surface area contributed by atoms with E-state index in [1.54, 1.807) is 12.1 Å². The summed E-state index contributed by atoms with van der Waals surface area (Å²) in [6.45, 7) is 0. The summed E-state index contributed by atoms with van der Waals surface area (Å²) >= 11 is 0. The third kappa shape index (κ3) is 3.16. The van der Waals surface area contributed by atoms with E-state index >= 15 is 0 Å². The van der Waals surface area contributed by atoms with Crippen molar-refractivity contribution in [1.82, 2.24) is 0 Å². The maximum atomic E-state index is 10.8. The Bertz CT molecular complexity index is 930. The minimum absolute atomic E-state index is 0.0131. The van der Waals surface area contributed by atoms with E-state index in [-0.39, 0.29) is 6.42 Å². The largest absolute Gasteiger partial charge is 0.481 e. The fourth-order valence-corrected chi connectivity index (χ4v) is 3.35. The molecule has 0 aromatic heterocycles. The molecule has 1 aliphatic rings. The zero-order valence-corrected chi connectivity index (χ0v) is 13.6. The van der Waals surface area contributed by atoms with Crippen molar-refractivity contribution < 1.29 is 9.90 Å². The third-order valence-electron chi connectivity index (χ3n) is 4.61. The number of benzene rings is 2. The van der Waals surface area contributed by atoms with Gasteiger partial charge in [0.2, 0.25) is 0 Å². The fourth-order valence-electron chi connectivity index (χ4n) is 3.35. The lowest BCUT2D eigenvalue weighted by atomic mass is 9.68. The van der Waals surface area contributed by atoms with Crippen LogP contribution in [-0.4, -0.2) is 11.1 Å². The Hall–Kier alpha value is -3.37. The number of nitrogens with zero attached hydrogens (tertiary/aromatic N) is 2. The molecule has 2 aromatic carbocycles. The molecule has 0 bridgehead atoms. The Labute approximate surface area is 146 Å². The maximum absolute atomic E-state index is 10.8. The lowest BCUT2D eigenvalue weighted by Crippen LogP contribution is -2.30. The van der Waals surface area contributed by atoms with Crippen LogP contribution in [0.15, 0.2) is 54.6 Å². The number of carbonyl (C=O) groups is 1. The molecule has 1 aliphatic carbocycles. The van der Waals surface area contributed by atoms with Crippen molar-refractivity contribution in [1.29, 1.82) is 10.5 Å². The molecule has 4 heteroatoms. The summed E-state index contributed by atoms with van der Waals surface area (Å²) in [5.41, 5.74) is 3.30. The van der Waals surface area contributed by atoms with Gasteiger partial charge in [0.25, 0.3) is 0 Å². The zero-order valence-electron chi connectivity index (χ0n) is 13.6. The highest BCUT2D eigenvalue weighted by Crippen LogP contribution is 2.41. The van der Waals surface area contributed by atoms with Crippen molar-refractivity contribution in [2.45, 2.75) is 24.7 Å². The Morgan fingerprint density at radius 1 is 1.08 bits per heavy atom. The summed E-state index contributed by atoms with van der Waals surface area (Å²) in [5.74, 6) is -0.864. The lowest BCUT2D eigenvalue weighted by Gasteiger charge is -2.31. The van der Waals surface area contributed by atoms with Gasteiger partial charge in [-0.2, -0.15) is 10.5 Å². The first-order chi connectivity index (χ1) is 12.1. The highest BCUT2D eigenvalue weighted by atomic mass is 16.4. The molecule has 0 amide bonds. The number of aliphatic carboxylic acids is 1. The third-order valence-corrected chi connectivity index (χ3v) is 4.61. The SMILES string of the molecule is N#CC1=CCC(C#N)(Cc2ccc(CC(=O)O)cc2)c2ccccc21. The summed E-state index contributed by atoms with van der Waals surface area (Å²) in [5, 5.41) is 28.1. The molecule has 0 radical (unpaired) electrons. The number of allylic oxidation sites excluding steroid dienone is 2. The van der Waals surface area contributed by atoms with Gasteiger partial charge in [-0.25, -0.2) is 0 Å². The minimum atomic E-state index is -0.864. The first kappa shape index (κ1) is 16.5. The van der Waals surface area contributed by atoms with Gasteiger partial charge in [-0.1, -0.05) is 54.6 Å². The van der Waals surface area contributed by atoms with Crippen molar-refractivity contribution in [2.75, 3.05) is 0 Å². The van der Waals surface area contributed by atoms with E-state index in [1.165, 1.54) is 0 Å². The molecule has 0 aliphatic heterocycles. The molecule has 122 valence electrons. The van der Waals surface area contributed by atoms with E-state index in [2.05, 4.69) is 12.1 Å². The van der Waals surface area contributed by atoms with Crippen LogP contribution >= 0.6 is 0 Å². The minimum Gasteiger partial charge on any atom is -0.481 e. The first-order valence-corrected chi connectivity index (χ1v) is 7.99. The van der Waals surface area contributed by atoms with Crippen LogP contribution in [0.1, 0.15) is 28.7 Å². The van der Waals surface area contributed by atoms with Crippen LogP contribution in [0.2, 0.25) is 0 Å². The molecule has 1 N–H and O–H groups in total. The Balaban J connectivity index is 1.95. The van der Waals surface area contributed by atoms with Gasteiger partial charge >= 0.3 is 5.97 Å². The van der Waals surface area contributed by atoms with Gasteiger partial charge < -0.3 is 5.11 Å². The molecule has 4 nitrogen and oxygen atoms in total. The van der Waals surface area contributed by atoms with E-state index in [1.807, 2.05) is 42.5 Å². The highest BCUT2D eigenvalue weighted by Gasteiger charge is 2.37. The van der Waals surface area contributed by atoms with Gasteiger partial charge in [-0.3, -0.25) is 4.79 Å². The molecule has 1 unspecified atom stereocenters. The predicted octanol–water partition coefficient (Wildman–Crippen LogP) is 3.63. The molecule has 3 rings (SSSR count). The first-order valence-electron chi connectivity index (χ1n) is 7.99. The normalized spacial score (nSPS) is 18.4. The van der Waals surface area contributed by atoms with Crippen LogP contribution < -0.4 is 0 Å². The molecular weight excluding hydrogens is 312 g/mol. The molecule has 0 spiro atoms. The smallest absolute Gasteiger partial charge is 0.307 e. The van der Waals surface area contributed by atoms with E-state index in [0.29, 0.717) is 18.4 Å². The second-order valence-electron chi connectivity index (χ2n) is 6.24. The van der Waals surface area contributed by atoms with Gasteiger partial charge in [0.15, 0.2) is 0 Å². The van der Waals surface area contributed by atoms with Crippen molar-refractivity contribution in [3.8, 4) is 12.1 Å². The predicted molar refractivity (Wildman–Crippen MR) is 93.4 cm³/mol. The van der Waals surface area contributed by atoms with Gasteiger partial charge in [-0.15, -0.1) is 0 Å². The number of fused-ring (bicyclic) bond motifs is 1. The summed E-state index contributed by atoms with van der Waals surface area (Å²) in [7, 11) is 0. The average molecular weight is 328 g/mol. The standard InChI is InChI=1S/C21H16N2O2/c22-13-17-9-10-21(14-23,19-4-2-1-3-18(17)19)12-16-7-5-15(6-8-16)11-20(24)25/h1-9H,10-12H2,(H,24,25). The summed E-state index contributed by atoms with van der Waals surface area (Å²) in [6.07, 6.45) is 2.83. The van der Waals surface area contributed by atoms with Gasteiger partial charge in [0.05, 0.1) is 29.5 Å². The number of carboxylic acids is 1. The zero-order chi connectivity index (χ0) is 17.9. The Kier molecular flexibility index (Phi) is 4.37. The number of nitriles is 2. The van der Waals surface area contributed by atoms with Crippen LogP contribution in [0, 0.1) is 22.7 Å². The molecule has 0 saturated heterocycles. The van der Waals surface area contributed by atoms with Gasteiger partial charge in [0.1, 0.15) is 0 Å². The molecule has 25 heavy (non-hydrogen) atoms. The molecule has 1 atom stereocenters. The lowest BCUT2D eigenvalue weighted by molar-refractivity contribution is -0.136. The van der Waals surface area contributed by atoms with Gasteiger partial charge in [0, 0.05) is 0 Å². The molecule has 0 heterocycles. The molecule has 0 fully saturated rings. The van der Waals surface area contributed by atoms with E-state index in [4.69, 9.17) is 5.11 Å². The number of rotatable bonds is 4. The van der Waals surface area contributed by atoms with E-state index in [9.17, 15) is 15.3 Å². The highest BCUT2D eigenvalue weighted by molar-refractivity contribution is 5.81. The second kappa shape index (κ2) is 6.63. The van der Waals surface area contributed by atoms with Crippen molar-refractivity contribution in [2.24, 2.45) is 0 Å². The number of carboxylic acid groups (broad SMARTS) is 1. The summed E-state index contributed by atoms with van der Waals surface area (Å²) in [6, 6.07) is 19.6. The van der Waals surface area contributed by atoms with Crippen molar-refractivity contribution in [3.63, 3.8) is 0 Å². The summed E-state index contributed by atoms with van der Waals surface area (Å²) < 4.78 is 0. The van der Waals surface area contributed by atoms with Crippen molar-refractivity contribution in [3.05, 3.63) is 76.9 Å². The monoisotopic (exact) mass is 328 g/mol. The van der Waals surface area contributed by atoms with Crippen LogP contribution in [0.4, 0.5) is 0 Å². The Morgan fingerprint density at radius 3 is 2.40 bits per heavy atom. The van der Waals surface area contributed by atoms with Crippen LogP contribution in [0.3, 0.4) is 0 Å². The van der Waals surface area contributed by atoms with Crippen LogP contribution in [0.25, 0.3) is 5.57 Å². The number of hydrogen-bond donors (Lipinski definition) is 1. The fraction of sp³-hybridized carbons (Fsp3) is 0.190. The van der Waals surface area contributed by atoms with Gasteiger partial charge in [-0.05, 0) is 35.1 Å². The Morgan fingerprint density at radius 2 is 1.76 bits per heavy atom. The molecular formula is C21H16N2O2. The topological polar surface area (TPSA) is 84.9 Å². The molecule has 0 saturated carbocycles. The quantitative estimate of drug-likeness (QED) is 0.928. The number of hydrogen-bond acceptors (Lipinski definition) is 3. The molecule has 2 aromatic rings. The van der Waals surface area contributed by atoms with Crippen LogP contribution in [0.5, 0.6) is 0 Å².